The Morgan fingerprint density at radius 1 is 1.26 bits per heavy atom. The Morgan fingerprint density at radius 2 is 2.00 bits per heavy atom. The Morgan fingerprint density at radius 3 is 2.56 bits per heavy atom. The van der Waals surface area contributed by atoms with Crippen LogP contribution in [0.1, 0.15) is 50.0 Å². The van der Waals surface area contributed by atoms with Crippen molar-refractivity contribution in [2.45, 2.75) is 40.7 Å². The van der Waals surface area contributed by atoms with Gasteiger partial charge in [-0.05, 0) is 49.1 Å². The molecule has 0 saturated heterocycles. The van der Waals surface area contributed by atoms with Crippen molar-refractivity contribution in [3.63, 3.8) is 0 Å². The van der Waals surface area contributed by atoms with E-state index in [0.717, 1.165) is 18.5 Å². The summed E-state index contributed by atoms with van der Waals surface area (Å²) in [5.41, 5.74) is 1.48. The number of halogens is 1. The molecule has 0 spiro atoms. The first-order chi connectivity index (χ1) is 12.7. The van der Waals surface area contributed by atoms with Gasteiger partial charge in [-0.3, -0.25) is 4.79 Å². The van der Waals surface area contributed by atoms with E-state index in [4.69, 9.17) is 9.47 Å². The Bertz CT molecular complexity index is 783. The van der Waals surface area contributed by atoms with Crippen LogP contribution < -0.4 is 14.8 Å². The summed E-state index contributed by atoms with van der Waals surface area (Å²) in [4.78, 5) is 15.3. The summed E-state index contributed by atoms with van der Waals surface area (Å²) in [6.45, 7) is 9.38. The molecule has 0 fully saturated rings. The lowest BCUT2D eigenvalue weighted by Crippen LogP contribution is -2.20. The van der Waals surface area contributed by atoms with Gasteiger partial charge in [-0.2, -0.15) is 0 Å². The number of ketones is 1. The number of hydrogen-bond donors (Lipinski definition) is 1. The molecule has 0 aliphatic rings. The molecule has 0 atom stereocenters. The highest BCUT2D eigenvalue weighted by atomic mass is 19.1. The maximum absolute atomic E-state index is 14.6. The van der Waals surface area contributed by atoms with Gasteiger partial charge in [0.2, 0.25) is 11.6 Å². The molecule has 2 aromatic rings. The number of nitrogens with one attached hydrogen (secondary N) is 1. The fourth-order valence-corrected chi connectivity index (χ4v) is 2.42. The second-order valence-corrected chi connectivity index (χ2v) is 7.64. The number of nitrogens with zero attached hydrogens (tertiary/aromatic N) is 1. The van der Waals surface area contributed by atoms with Crippen LogP contribution in [0.2, 0.25) is 0 Å². The number of carbonyl (C=O) groups is 1. The number of carbonyl (C=O) groups excluding carboxylic acids is 1. The van der Waals surface area contributed by atoms with Crippen molar-refractivity contribution in [1.82, 2.24) is 10.3 Å². The zero-order valence-electron chi connectivity index (χ0n) is 16.6. The van der Waals surface area contributed by atoms with Crippen molar-refractivity contribution >= 4 is 5.78 Å². The third kappa shape index (κ3) is 6.32. The minimum atomic E-state index is -0.528. The monoisotopic (exact) mass is 374 g/mol. The lowest BCUT2D eigenvalue weighted by molar-refractivity contribution is 0.101. The van der Waals surface area contributed by atoms with E-state index in [2.05, 4.69) is 31.1 Å². The minimum absolute atomic E-state index is 0.0287. The second kappa shape index (κ2) is 8.95. The fourth-order valence-electron chi connectivity index (χ4n) is 2.42. The third-order valence-electron chi connectivity index (χ3n) is 4.02. The summed E-state index contributed by atoms with van der Waals surface area (Å²) >= 11 is 0. The maximum atomic E-state index is 14.6. The number of aromatic nitrogens is 1. The number of rotatable bonds is 8. The van der Waals surface area contributed by atoms with Gasteiger partial charge in [0.25, 0.3) is 0 Å². The molecule has 146 valence electrons. The normalized spacial score (nSPS) is 11.3. The molecular formula is C21H27FN2O3. The van der Waals surface area contributed by atoms with Crippen LogP contribution in [-0.2, 0) is 6.54 Å². The fraction of sp³-hybridized carbons (Fsp3) is 0.429. The number of benzene rings is 1. The average Bonchev–Trinajstić information content (AvgIpc) is 2.60. The molecule has 0 saturated carbocycles. The summed E-state index contributed by atoms with van der Waals surface area (Å²) in [5.74, 6) is -0.173. The van der Waals surface area contributed by atoms with Crippen LogP contribution in [0.25, 0.3) is 0 Å². The molecule has 0 aliphatic carbocycles. The summed E-state index contributed by atoms with van der Waals surface area (Å²) < 4.78 is 25.4. The minimum Gasteiger partial charge on any atom is -0.493 e. The molecule has 1 N–H and O–H groups in total. The molecule has 1 aromatic heterocycles. The molecule has 1 aromatic carbocycles. The van der Waals surface area contributed by atoms with Gasteiger partial charge in [-0.25, -0.2) is 9.37 Å². The van der Waals surface area contributed by atoms with E-state index in [-0.39, 0.29) is 22.8 Å². The average molecular weight is 374 g/mol. The summed E-state index contributed by atoms with van der Waals surface area (Å²) in [6, 6.07) is 6.28. The Labute approximate surface area is 159 Å². The Kier molecular flexibility index (Phi) is 6.91. The largest absolute Gasteiger partial charge is 0.493 e. The molecule has 6 heteroatoms. The van der Waals surface area contributed by atoms with E-state index in [0.29, 0.717) is 17.9 Å². The maximum Gasteiger partial charge on any atom is 0.219 e. The van der Waals surface area contributed by atoms with Crippen molar-refractivity contribution in [3.8, 4) is 17.4 Å². The van der Waals surface area contributed by atoms with Gasteiger partial charge in [0.1, 0.15) is 0 Å². The predicted molar refractivity (Wildman–Crippen MR) is 103 cm³/mol. The van der Waals surface area contributed by atoms with Gasteiger partial charge < -0.3 is 14.8 Å². The number of Topliss-reactive ketones (excluding diaryl/α,β-unsaturated/α-hetero) is 1. The molecule has 0 bridgehead atoms. The molecule has 0 aliphatic heterocycles. The van der Waals surface area contributed by atoms with E-state index in [1.165, 1.54) is 32.4 Å². The first-order valence-electron chi connectivity index (χ1n) is 8.91. The first kappa shape index (κ1) is 20.8. The van der Waals surface area contributed by atoms with Gasteiger partial charge in [-0.1, -0.05) is 20.8 Å². The van der Waals surface area contributed by atoms with E-state index in [1.807, 2.05) is 0 Å². The smallest absolute Gasteiger partial charge is 0.219 e. The van der Waals surface area contributed by atoms with Gasteiger partial charge >= 0.3 is 0 Å². The standard InChI is InChI=1S/C21H27FN2O3/c1-14(25)16-6-7-19(24-13-16)27-20-17(22)10-15(11-18(20)26-5)12-23-9-8-21(2,3)4/h6-7,10-11,13,23H,8-9,12H2,1-5H3. The van der Waals surface area contributed by atoms with Crippen molar-refractivity contribution in [2.24, 2.45) is 5.41 Å². The van der Waals surface area contributed by atoms with Crippen molar-refractivity contribution < 1.29 is 18.7 Å². The molecule has 0 radical (unpaired) electrons. The van der Waals surface area contributed by atoms with E-state index >= 15 is 0 Å². The summed E-state index contributed by atoms with van der Waals surface area (Å²) in [7, 11) is 1.46. The number of methoxy groups -OCH3 is 1. The van der Waals surface area contributed by atoms with E-state index in [9.17, 15) is 9.18 Å². The second-order valence-electron chi connectivity index (χ2n) is 7.64. The highest BCUT2D eigenvalue weighted by molar-refractivity contribution is 5.93. The molecule has 27 heavy (non-hydrogen) atoms. The highest BCUT2D eigenvalue weighted by Crippen LogP contribution is 2.34. The molecule has 5 nitrogen and oxygen atoms in total. The number of ether oxygens (including phenoxy) is 2. The molecule has 1 heterocycles. The van der Waals surface area contributed by atoms with Crippen LogP contribution in [0.4, 0.5) is 4.39 Å². The molecule has 2 rings (SSSR count). The van der Waals surface area contributed by atoms with Crippen LogP contribution in [0, 0.1) is 11.2 Å². The van der Waals surface area contributed by atoms with Crippen molar-refractivity contribution in [1.29, 1.82) is 0 Å². The lowest BCUT2D eigenvalue weighted by Gasteiger charge is -2.18. The van der Waals surface area contributed by atoms with Gasteiger partial charge in [0.15, 0.2) is 17.3 Å². The zero-order valence-corrected chi connectivity index (χ0v) is 16.6. The van der Waals surface area contributed by atoms with Crippen molar-refractivity contribution in [3.05, 3.63) is 47.4 Å². The van der Waals surface area contributed by atoms with E-state index < -0.39 is 5.82 Å². The van der Waals surface area contributed by atoms with Crippen LogP contribution >= 0.6 is 0 Å². The van der Waals surface area contributed by atoms with Crippen LogP contribution in [0.15, 0.2) is 30.5 Å². The molecule has 0 unspecified atom stereocenters. The predicted octanol–water partition coefficient (Wildman–Crippen LogP) is 4.75. The number of hydrogen-bond acceptors (Lipinski definition) is 5. The zero-order chi connectivity index (χ0) is 20.0. The summed E-state index contributed by atoms with van der Waals surface area (Å²) in [6.07, 6.45) is 2.42. The van der Waals surface area contributed by atoms with Crippen LogP contribution in [0.5, 0.6) is 17.4 Å². The Balaban J connectivity index is 2.10. The quantitative estimate of drug-likeness (QED) is 0.534. The van der Waals surface area contributed by atoms with Crippen LogP contribution in [-0.4, -0.2) is 24.4 Å². The highest BCUT2D eigenvalue weighted by Gasteiger charge is 2.16. The lowest BCUT2D eigenvalue weighted by atomic mass is 9.92. The van der Waals surface area contributed by atoms with Gasteiger partial charge in [0.05, 0.1) is 7.11 Å². The molecular weight excluding hydrogens is 347 g/mol. The summed E-state index contributed by atoms with van der Waals surface area (Å²) in [5, 5.41) is 3.32. The van der Waals surface area contributed by atoms with Crippen LogP contribution in [0.3, 0.4) is 0 Å². The molecule has 0 amide bonds. The third-order valence-corrected chi connectivity index (χ3v) is 4.02. The van der Waals surface area contributed by atoms with Crippen molar-refractivity contribution in [2.75, 3.05) is 13.7 Å². The first-order valence-corrected chi connectivity index (χ1v) is 8.91. The Hall–Kier alpha value is -2.47. The number of pyridine rings is 1. The SMILES string of the molecule is COc1cc(CNCCC(C)(C)C)cc(F)c1Oc1ccc(C(C)=O)cn1. The topological polar surface area (TPSA) is 60.5 Å². The van der Waals surface area contributed by atoms with E-state index in [1.54, 1.807) is 12.1 Å². The van der Waals surface area contributed by atoms with Gasteiger partial charge in [-0.15, -0.1) is 0 Å². The van der Waals surface area contributed by atoms with Gasteiger partial charge in [0, 0.05) is 24.4 Å².